The Bertz CT molecular complexity index is 521. The second-order valence-corrected chi connectivity index (χ2v) is 6.07. The lowest BCUT2D eigenvalue weighted by molar-refractivity contribution is -0.116. The zero-order valence-electron chi connectivity index (χ0n) is 12.7. The monoisotopic (exact) mass is 278 g/mol. The summed E-state index contributed by atoms with van der Waals surface area (Å²) < 4.78 is 10.6. The highest BCUT2D eigenvalue weighted by Gasteiger charge is 2.30. The van der Waals surface area contributed by atoms with Gasteiger partial charge in [0.05, 0.1) is 25.6 Å². The average molecular weight is 278 g/mol. The minimum atomic E-state index is -0.0217. The number of methoxy groups -OCH3 is 2. The number of nitrogens with one attached hydrogen (secondary N) is 2. The summed E-state index contributed by atoms with van der Waals surface area (Å²) in [5.41, 5.74) is 1.55. The molecule has 0 radical (unpaired) electrons. The molecule has 0 aromatic heterocycles. The Morgan fingerprint density at radius 3 is 2.15 bits per heavy atom. The van der Waals surface area contributed by atoms with Gasteiger partial charge in [-0.15, -0.1) is 0 Å². The predicted molar refractivity (Wildman–Crippen MR) is 79.7 cm³/mol. The zero-order valence-corrected chi connectivity index (χ0v) is 12.7. The summed E-state index contributed by atoms with van der Waals surface area (Å²) in [6, 6.07) is 3.70. The maximum absolute atomic E-state index is 12.0. The minimum Gasteiger partial charge on any atom is -0.493 e. The molecule has 0 aliphatic carbocycles. The standard InChI is InChI=1S/C15H22N2O3/c1-15(2,3)13-8-14(18)17-10-7-12(20-5)11(19-4)6-9(10)16-13/h6-7,13,16H,8H2,1-5H3,(H,17,18). The van der Waals surface area contributed by atoms with E-state index in [0.717, 1.165) is 11.4 Å². The summed E-state index contributed by atoms with van der Waals surface area (Å²) in [6.07, 6.45) is 0.433. The van der Waals surface area contributed by atoms with Gasteiger partial charge in [-0.3, -0.25) is 4.79 Å². The number of carbonyl (C=O) groups excluding carboxylic acids is 1. The highest BCUT2D eigenvalue weighted by Crippen LogP contribution is 2.39. The Kier molecular flexibility index (Phi) is 3.79. The molecular weight excluding hydrogens is 256 g/mol. The van der Waals surface area contributed by atoms with Crippen LogP contribution in [0.4, 0.5) is 11.4 Å². The molecule has 0 fully saturated rings. The van der Waals surface area contributed by atoms with Gasteiger partial charge in [-0.1, -0.05) is 20.8 Å². The van der Waals surface area contributed by atoms with Gasteiger partial charge < -0.3 is 20.1 Å². The van der Waals surface area contributed by atoms with Crippen LogP contribution in [0.2, 0.25) is 0 Å². The van der Waals surface area contributed by atoms with E-state index in [2.05, 4.69) is 31.4 Å². The molecule has 1 unspecified atom stereocenters. The van der Waals surface area contributed by atoms with Crippen molar-refractivity contribution in [2.75, 3.05) is 24.9 Å². The molecular formula is C15H22N2O3. The molecule has 1 aromatic rings. The summed E-state index contributed by atoms with van der Waals surface area (Å²) in [6.45, 7) is 6.34. The molecule has 1 aliphatic rings. The molecule has 0 bridgehead atoms. The summed E-state index contributed by atoms with van der Waals surface area (Å²) in [5.74, 6) is 1.24. The van der Waals surface area contributed by atoms with Gasteiger partial charge in [0.15, 0.2) is 11.5 Å². The summed E-state index contributed by atoms with van der Waals surface area (Å²) >= 11 is 0. The summed E-state index contributed by atoms with van der Waals surface area (Å²) in [5, 5.41) is 6.35. The molecule has 2 rings (SSSR count). The van der Waals surface area contributed by atoms with Gasteiger partial charge in [0.1, 0.15) is 0 Å². The number of fused-ring (bicyclic) bond motifs is 1. The van der Waals surface area contributed by atoms with Crippen LogP contribution in [-0.2, 0) is 4.79 Å². The van der Waals surface area contributed by atoms with Gasteiger partial charge in [-0.05, 0) is 5.41 Å². The van der Waals surface area contributed by atoms with E-state index in [1.54, 1.807) is 20.3 Å². The molecule has 2 N–H and O–H groups in total. The fraction of sp³-hybridized carbons (Fsp3) is 0.533. The Balaban J connectivity index is 2.45. The van der Waals surface area contributed by atoms with E-state index >= 15 is 0 Å². The lowest BCUT2D eigenvalue weighted by Gasteiger charge is -2.30. The third-order valence-corrected chi connectivity index (χ3v) is 3.56. The molecule has 5 heteroatoms. The van der Waals surface area contributed by atoms with Crippen LogP contribution in [0.25, 0.3) is 0 Å². The second-order valence-electron chi connectivity index (χ2n) is 6.07. The Morgan fingerprint density at radius 2 is 1.65 bits per heavy atom. The summed E-state index contributed by atoms with van der Waals surface area (Å²) in [4.78, 5) is 12.0. The molecule has 1 aromatic carbocycles. The second kappa shape index (κ2) is 5.23. The molecule has 5 nitrogen and oxygen atoms in total. The maximum Gasteiger partial charge on any atom is 0.226 e. The van der Waals surface area contributed by atoms with Gasteiger partial charge in [-0.25, -0.2) is 0 Å². The Morgan fingerprint density at radius 1 is 1.10 bits per heavy atom. The van der Waals surface area contributed by atoms with Crippen LogP contribution >= 0.6 is 0 Å². The molecule has 1 aliphatic heterocycles. The molecule has 0 saturated heterocycles. The van der Waals surface area contributed by atoms with Crippen molar-refractivity contribution in [2.45, 2.75) is 33.2 Å². The van der Waals surface area contributed by atoms with Gasteiger partial charge in [0, 0.05) is 24.6 Å². The lowest BCUT2D eigenvalue weighted by Crippen LogP contribution is -2.35. The number of carbonyl (C=O) groups is 1. The van der Waals surface area contributed by atoms with Crippen LogP contribution in [0.1, 0.15) is 27.2 Å². The highest BCUT2D eigenvalue weighted by atomic mass is 16.5. The molecule has 0 saturated carbocycles. The largest absolute Gasteiger partial charge is 0.493 e. The van der Waals surface area contributed by atoms with Gasteiger partial charge >= 0.3 is 0 Å². The zero-order chi connectivity index (χ0) is 14.9. The highest BCUT2D eigenvalue weighted by molar-refractivity contribution is 5.97. The maximum atomic E-state index is 12.0. The van der Waals surface area contributed by atoms with Crippen LogP contribution < -0.4 is 20.1 Å². The van der Waals surface area contributed by atoms with Crippen molar-refractivity contribution in [3.8, 4) is 11.5 Å². The quantitative estimate of drug-likeness (QED) is 0.873. The van der Waals surface area contributed by atoms with Crippen molar-refractivity contribution in [1.29, 1.82) is 0 Å². The molecule has 1 amide bonds. The SMILES string of the molecule is COc1cc2c(cc1OC)NC(C(C)(C)C)CC(=O)N2. The van der Waals surface area contributed by atoms with Crippen LogP contribution in [0.5, 0.6) is 11.5 Å². The van der Waals surface area contributed by atoms with Crippen molar-refractivity contribution in [1.82, 2.24) is 0 Å². The van der Waals surface area contributed by atoms with Crippen LogP contribution in [0, 0.1) is 5.41 Å². The number of hydrogen-bond donors (Lipinski definition) is 2. The average Bonchev–Trinajstić information content (AvgIpc) is 2.54. The van der Waals surface area contributed by atoms with E-state index in [-0.39, 0.29) is 17.4 Å². The smallest absolute Gasteiger partial charge is 0.226 e. The topological polar surface area (TPSA) is 59.6 Å². The minimum absolute atomic E-state index is 0.00314. The van der Waals surface area contributed by atoms with Crippen molar-refractivity contribution < 1.29 is 14.3 Å². The first-order valence-electron chi connectivity index (χ1n) is 6.67. The Labute approximate surface area is 119 Å². The van der Waals surface area contributed by atoms with Crippen LogP contribution in [-0.4, -0.2) is 26.2 Å². The first-order chi connectivity index (χ1) is 9.35. The molecule has 1 atom stereocenters. The van der Waals surface area contributed by atoms with E-state index in [9.17, 15) is 4.79 Å². The number of ether oxygens (including phenoxy) is 2. The van der Waals surface area contributed by atoms with E-state index < -0.39 is 0 Å². The number of rotatable bonds is 2. The Hall–Kier alpha value is -1.91. The third-order valence-electron chi connectivity index (χ3n) is 3.56. The molecule has 0 spiro atoms. The third kappa shape index (κ3) is 2.81. The number of anilines is 2. The first kappa shape index (κ1) is 14.5. The summed E-state index contributed by atoms with van der Waals surface area (Å²) in [7, 11) is 3.18. The number of amides is 1. The molecule has 20 heavy (non-hydrogen) atoms. The predicted octanol–water partition coefficient (Wildman–Crippen LogP) is 2.87. The lowest BCUT2D eigenvalue weighted by atomic mass is 9.84. The van der Waals surface area contributed by atoms with E-state index in [1.807, 2.05) is 6.07 Å². The van der Waals surface area contributed by atoms with E-state index in [4.69, 9.17) is 9.47 Å². The van der Waals surface area contributed by atoms with Gasteiger partial charge in [-0.2, -0.15) is 0 Å². The van der Waals surface area contributed by atoms with Gasteiger partial charge in [0.25, 0.3) is 0 Å². The van der Waals surface area contributed by atoms with Gasteiger partial charge in [0.2, 0.25) is 5.91 Å². The number of benzene rings is 1. The van der Waals surface area contributed by atoms with E-state index in [0.29, 0.717) is 17.9 Å². The first-order valence-corrected chi connectivity index (χ1v) is 6.67. The normalized spacial score (nSPS) is 18.4. The number of hydrogen-bond acceptors (Lipinski definition) is 4. The van der Waals surface area contributed by atoms with Crippen molar-refractivity contribution in [3.63, 3.8) is 0 Å². The molecule has 1 heterocycles. The van der Waals surface area contributed by atoms with Crippen molar-refractivity contribution in [2.24, 2.45) is 5.41 Å². The van der Waals surface area contributed by atoms with Crippen LogP contribution in [0.15, 0.2) is 12.1 Å². The van der Waals surface area contributed by atoms with E-state index in [1.165, 1.54) is 0 Å². The van der Waals surface area contributed by atoms with Crippen LogP contribution in [0.3, 0.4) is 0 Å². The van der Waals surface area contributed by atoms with Crippen molar-refractivity contribution in [3.05, 3.63) is 12.1 Å². The fourth-order valence-corrected chi connectivity index (χ4v) is 2.25. The molecule has 110 valence electrons. The fourth-order valence-electron chi connectivity index (χ4n) is 2.25. The van der Waals surface area contributed by atoms with Crippen molar-refractivity contribution >= 4 is 17.3 Å².